The summed E-state index contributed by atoms with van der Waals surface area (Å²) in [6.45, 7) is 1.93. The van der Waals surface area contributed by atoms with Gasteiger partial charge in [0.1, 0.15) is 5.75 Å². The van der Waals surface area contributed by atoms with Crippen molar-refractivity contribution in [2.24, 2.45) is 0 Å². The van der Waals surface area contributed by atoms with Crippen LogP contribution in [-0.2, 0) is 0 Å². The summed E-state index contributed by atoms with van der Waals surface area (Å²) in [4.78, 5) is 11.0. The molecular formula is C18H14O3. The van der Waals surface area contributed by atoms with Crippen molar-refractivity contribution in [1.29, 1.82) is 0 Å². The van der Waals surface area contributed by atoms with Gasteiger partial charge in [0.15, 0.2) is 0 Å². The summed E-state index contributed by atoms with van der Waals surface area (Å²) in [5.41, 5.74) is 3.20. The lowest BCUT2D eigenvalue weighted by atomic mass is 9.98. The Morgan fingerprint density at radius 3 is 2.29 bits per heavy atom. The van der Waals surface area contributed by atoms with Gasteiger partial charge in [-0.05, 0) is 64.7 Å². The molecule has 2 N–H and O–H groups in total. The fraction of sp³-hybridized carbons (Fsp3) is 0.0556. The Morgan fingerprint density at radius 2 is 1.57 bits per heavy atom. The molecule has 3 aromatic rings. The van der Waals surface area contributed by atoms with E-state index in [-0.39, 0.29) is 11.3 Å². The monoisotopic (exact) mass is 278 g/mol. The quantitative estimate of drug-likeness (QED) is 0.738. The van der Waals surface area contributed by atoms with Crippen molar-refractivity contribution in [3.63, 3.8) is 0 Å². The van der Waals surface area contributed by atoms with E-state index in [1.54, 1.807) is 30.3 Å². The number of aryl methyl sites for hydroxylation is 1. The van der Waals surface area contributed by atoms with E-state index < -0.39 is 5.97 Å². The van der Waals surface area contributed by atoms with Gasteiger partial charge < -0.3 is 10.2 Å². The molecule has 0 aromatic heterocycles. The standard InChI is InChI=1S/C18H14O3/c1-11-6-16(10-17(19)7-11)14-3-2-13-9-15(18(20)21)5-4-12(13)8-14/h2-10,19H,1H3,(H,20,21). The van der Waals surface area contributed by atoms with Crippen LogP contribution in [0.1, 0.15) is 15.9 Å². The Balaban J connectivity index is 2.13. The van der Waals surface area contributed by atoms with Gasteiger partial charge in [0.25, 0.3) is 0 Å². The van der Waals surface area contributed by atoms with Crippen molar-refractivity contribution in [3.8, 4) is 16.9 Å². The molecule has 0 aliphatic carbocycles. The van der Waals surface area contributed by atoms with E-state index in [4.69, 9.17) is 5.11 Å². The number of aromatic hydroxyl groups is 1. The molecule has 21 heavy (non-hydrogen) atoms. The number of carbonyl (C=O) groups is 1. The molecule has 0 amide bonds. The third-order valence-corrected chi connectivity index (χ3v) is 3.48. The Hall–Kier alpha value is -2.81. The molecular weight excluding hydrogens is 264 g/mol. The summed E-state index contributed by atoms with van der Waals surface area (Å²) in [7, 11) is 0. The van der Waals surface area contributed by atoms with Crippen molar-refractivity contribution < 1.29 is 15.0 Å². The maximum Gasteiger partial charge on any atom is 0.335 e. The summed E-state index contributed by atoms with van der Waals surface area (Å²) in [6, 6.07) is 16.3. The third-order valence-electron chi connectivity index (χ3n) is 3.48. The van der Waals surface area contributed by atoms with Crippen LogP contribution >= 0.6 is 0 Å². The van der Waals surface area contributed by atoms with Gasteiger partial charge in [0, 0.05) is 0 Å². The molecule has 0 bridgehead atoms. The number of hydrogen-bond donors (Lipinski definition) is 2. The third kappa shape index (κ3) is 2.58. The Labute approximate surface area is 122 Å². The molecule has 0 spiro atoms. The zero-order chi connectivity index (χ0) is 15.0. The van der Waals surface area contributed by atoms with Gasteiger partial charge in [-0.2, -0.15) is 0 Å². The number of benzene rings is 3. The summed E-state index contributed by atoms with van der Waals surface area (Å²) in [5, 5.41) is 20.6. The first-order valence-corrected chi connectivity index (χ1v) is 6.61. The van der Waals surface area contributed by atoms with E-state index >= 15 is 0 Å². The number of phenols is 1. The molecule has 0 fully saturated rings. The summed E-state index contributed by atoms with van der Waals surface area (Å²) >= 11 is 0. The van der Waals surface area contributed by atoms with Crippen LogP contribution in [0.3, 0.4) is 0 Å². The fourth-order valence-electron chi connectivity index (χ4n) is 2.49. The molecule has 0 unspecified atom stereocenters. The molecule has 3 heteroatoms. The van der Waals surface area contributed by atoms with Crippen molar-refractivity contribution in [2.75, 3.05) is 0 Å². The van der Waals surface area contributed by atoms with Gasteiger partial charge in [0.05, 0.1) is 5.56 Å². The minimum Gasteiger partial charge on any atom is -0.508 e. The van der Waals surface area contributed by atoms with Crippen LogP contribution in [0.25, 0.3) is 21.9 Å². The average Bonchev–Trinajstić information content (AvgIpc) is 2.45. The zero-order valence-corrected chi connectivity index (χ0v) is 11.5. The SMILES string of the molecule is Cc1cc(O)cc(-c2ccc3cc(C(=O)O)ccc3c2)c1. The van der Waals surface area contributed by atoms with E-state index in [9.17, 15) is 9.90 Å². The van der Waals surface area contributed by atoms with Gasteiger partial charge in [-0.3, -0.25) is 0 Å². The van der Waals surface area contributed by atoms with Crippen molar-refractivity contribution in [1.82, 2.24) is 0 Å². The summed E-state index contributed by atoms with van der Waals surface area (Å²) in [5.74, 6) is -0.684. The van der Waals surface area contributed by atoms with Crippen molar-refractivity contribution in [2.45, 2.75) is 6.92 Å². The van der Waals surface area contributed by atoms with Crippen molar-refractivity contribution in [3.05, 3.63) is 65.7 Å². The molecule has 3 aromatic carbocycles. The maximum absolute atomic E-state index is 11.0. The molecule has 3 nitrogen and oxygen atoms in total. The first kappa shape index (κ1) is 13.2. The molecule has 0 saturated heterocycles. The van der Waals surface area contributed by atoms with Crippen LogP contribution in [0, 0.1) is 6.92 Å². The van der Waals surface area contributed by atoms with Gasteiger partial charge in [-0.25, -0.2) is 4.79 Å². The number of carboxylic acids is 1. The number of aromatic carboxylic acids is 1. The van der Waals surface area contributed by atoms with E-state index in [1.807, 2.05) is 31.2 Å². The maximum atomic E-state index is 11.0. The summed E-state index contributed by atoms with van der Waals surface area (Å²) in [6.07, 6.45) is 0. The number of carboxylic acid groups (broad SMARTS) is 1. The van der Waals surface area contributed by atoms with E-state index in [1.165, 1.54) is 0 Å². The van der Waals surface area contributed by atoms with Gasteiger partial charge in [-0.15, -0.1) is 0 Å². The van der Waals surface area contributed by atoms with E-state index in [0.717, 1.165) is 27.5 Å². The minimum absolute atomic E-state index is 0.242. The number of rotatable bonds is 2. The minimum atomic E-state index is -0.926. The van der Waals surface area contributed by atoms with Crippen LogP contribution in [0.2, 0.25) is 0 Å². The Morgan fingerprint density at radius 1 is 0.857 bits per heavy atom. The first-order valence-electron chi connectivity index (χ1n) is 6.61. The summed E-state index contributed by atoms with van der Waals surface area (Å²) < 4.78 is 0. The van der Waals surface area contributed by atoms with Crippen LogP contribution in [0.4, 0.5) is 0 Å². The van der Waals surface area contributed by atoms with E-state index in [2.05, 4.69) is 0 Å². The second-order valence-electron chi connectivity index (χ2n) is 5.14. The van der Waals surface area contributed by atoms with E-state index in [0.29, 0.717) is 0 Å². The molecule has 3 rings (SSSR count). The molecule has 0 atom stereocenters. The second-order valence-corrected chi connectivity index (χ2v) is 5.14. The number of phenolic OH excluding ortho intramolecular Hbond substituents is 1. The lowest BCUT2D eigenvalue weighted by Gasteiger charge is -2.07. The van der Waals surface area contributed by atoms with Crippen LogP contribution in [0.5, 0.6) is 5.75 Å². The molecule has 0 heterocycles. The number of hydrogen-bond acceptors (Lipinski definition) is 2. The van der Waals surface area contributed by atoms with Crippen LogP contribution in [0.15, 0.2) is 54.6 Å². The molecule has 0 aliphatic rings. The predicted octanol–water partition coefficient (Wildman–Crippen LogP) is 4.22. The number of fused-ring (bicyclic) bond motifs is 1. The lowest BCUT2D eigenvalue weighted by molar-refractivity contribution is 0.0697. The normalized spacial score (nSPS) is 10.7. The molecule has 0 saturated carbocycles. The Bertz CT molecular complexity index is 830. The fourth-order valence-corrected chi connectivity index (χ4v) is 2.49. The lowest BCUT2D eigenvalue weighted by Crippen LogP contribution is -1.95. The highest BCUT2D eigenvalue weighted by molar-refractivity contribution is 5.95. The van der Waals surface area contributed by atoms with Crippen molar-refractivity contribution >= 4 is 16.7 Å². The smallest absolute Gasteiger partial charge is 0.335 e. The topological polar surface area (TPSA) is 57.5 Å². The highest BCUT2D eigenvalue weighted by Crippen LogP contribution is 2.28. The average molecular weight is 278 g/mol. The zero-order valence-electron chi connectivity index (χ0n) is 11.5. The van der Waals surface area contributed by atoms with Gasteiger partial charge in [0.2, 0.25) is 0 Å². The highest BCUT2D eigenvalue weighted by atomic mass is 16.4. The molecule has 104 valence electrons. The van der Waals surface area contributed by atoms with Crippen LogP contribution in [-0.4, -0.2) is 16.2 Å². The highest BCUT2D eigenvalue weighted by Gasteiger charge is 2.06. The Kier molecular flexibility index (Phi) is 3.10. The molecule has 0 aliphatic heterocycles. The molecule has 0 radical (unpaired) electrons. The predicted molar refractivity (Wildman–Crippen MR) is 82.7 cm³/mol. The van der Waals surface area contributed by atoms with Crippen LogP contribution < -0.4 is 0 Å². The largest absolute Gasteiger partial charge is 0.508 e. The van der Waals surface area contributed by atoms with Gasteiger partial charge in [-0.1, -0.05) is 24.3 Å². The first-order chi connectivity index (χ1) is 10.0. The van der Waals surface area contributed by atoms with Gasteiger partial charge >= 0.3 is 5.97 Å². The second kappa shape index (κ2) is 4.94.